The van der Waals surface area contributed by atoms with Crippen LogP contribution in [0.3, 0.4) is 0 Å². The van der Waals surface area contributed by atoms with Crippen LogP contribution in [0, 0.1) is 0 Å². The van der Waals surface area contributed by atoms with Crippen LogP contribution < -0.4 is 11.1 Å². The van der Waals surface area contributed by atoms with Gasteiger partial charge in [0.1, 0.15) is 5.75 Å². The normalized spacial score (nSPS) is 12.3. The Morgan fingerprint density at radius 3 is 2.18 bits per heavy atom. The SMILES string of the molecule is CC(C)(C)c1cc(CC(=O)NCCN)c(O)c(C(C)(C)C)c1. The van der Waals surface area contributed by atoms with Gasteiger partial charge in [-0.3, -0.25) is 4.79 Å². The molecule has 4 N–H and O–H groups in total. The number of phenolic OH excluding ortho intramolecular Hbond substituents is 1. The Bertz CT molecular complexity index is 537. The summed E-state index contributed by atoms with van der Waals surface area (Å²) in [5, 5.41) is 13.3. The molecule has 0 fully saturated rings. The number of rotatable bonds is 4. The summed E-state index contributed by atoms with van der Waals surface area (Å²) in [6.45, 7) is 13.4. The summed E-state index contributed by atoms with van der Waals surface area (Å²) in [5.74, 6) is 0.107. The lowest BCUT2D eigenvalue weighted by atomic mass is 9.78. The highest BCUT2D eigenvalue weighted by molar-refractivity contribution is 5.79. The van der Waals surface area contributed by atoms with Crippen LogP contribution in [0.25, 0.3) is 0 Å². The fourth-order valence-corrected chi connectivity index (χ4v) is 2.28. The molecule has 0 aliphatic rings. The summed E-state index contributed by atoms with van der Waals surface area (Å²) in [4.78, 5) is 12.0. The van der Waals surface area contributed by atoms with Gasteiger partial charge < -0.3 is 16.2 Å². The molecule has 22 heavy (non-hydrogen) atoms. The minimum atomic E-state index is -0.187. The standard InChI is InChI=1S/C18H30N2O2/c1-17(2,3)13-9-12(10-15(21)20-8-7-19)16(22)14(11-13)18(4,5)6/h9,11,22H,7-8,10,19H2,1-6H3,(H,20,21). The Labute approximate surface area is 134 Å². The van der Waals surface area contributed by atoms with E-state index in [9.17, 15) is 9.90 Å². The molecule has 1 aromatic rings. The third-order valence-electron chi connectivity index (χ3n) is 3.68. The monoisotopic (exact) mass is 306 g/mol. The first-order valence-electron chi connectivity index (χ1n) is 7.80. The van der Waals surface area contributed by atoms with Gasteiger partial charge in [-0.1, -0.05) is 53.7 Å². The summed E-state index contributed by atoms with van der Waals surface area (Å²) in [6.07, 6.45) is 0.166. The second-order valence-corrected chi connectivity index (χ2v) is 7.85. The summed E-state index contributed by atoms with van der Waals surface area (Å²) < 4.78 is 0. The topological polar surface area (TPSA) is 75.4 Å². The van der Waals surface area contributed by atoms with E-state index in [1.165, 1.54) is 0 Å². The van der Waals surface area contributed by atoms with E-state index in [2.05, 4.69) is 52.9 Å². The highest BCUT2D eigenvalue weighted by atomic mass is 16.3. The van der Waals surface area contributed by atoms with Gasteiger partial charge in [0.25, 0.3) is 0 Å². The molecule has 0 bridgehead atoms. The van der Waals surface area contributed by atoms with Gasteiger partial charge in [0.2, 0.25) is 5.91 Å². The average molecular weight is 306 g/mol. The first-order chi connectivity index (χ1) is 9.96. The van der Waals surface area contributed by atoms with Gasteiger partial charge in [-0.25, -0.2) is 0 Å². The quantitative estimate of drug-likeness (QED) is 0.800. The van der Waals surface area contributed by atoms with Crippen molar-refractivity contribution in [2.75, 3.05) is 13.1 Å². The van der Waals surface area contributed by atoms with E-state index < -0.39 is 0 Å². The highest BCUT2D eigenvalue weighted by Gasteiger charge is 2.25. The van der Waals surface area contributed by atoms with Gasteiger partial charge in [0.05, 0.1) is 6.42 Å². The smallest absolute Gasteiger partial charge is 0.224 e. The zero-order valence-corrected chi connectivity index (χ0v) is 14.7. The van der Waals surface area contributed by atoms with Crippen molar-refractivity contribution in [3.8, 4) is 5.75 Å². The fraction of sp³-hybridized carbons (Fsp3) is 0.611. The van der Waals surface area contributed by atoms with E-state index in [4.69, 9.17) is 5.73 Å². The largest absolute Gasteiger partial charge is 0.507 e. The minimum absolute atomic E-state index is 0.0455. The van der Waals surface area contributed by atoms with Crippen LogP contribution in [0.5, 0.6) is 5.75 Å². The predicted octanol–water partition coefficient (Wildman–Crippen LogP) is 2.60. The third-order valence-corrected chi connectivity index (χ3v) is 3.68. The lowest BCUT2D eigenvalue weighted by molar-refractivity contribution is -0.120. The van der Waals surface area contributed by atoms with Gasteiger partial charge in [-0.2, -0.15) is 0 Å². The molecular weight excluding hydrogens is 276 g/mol. The van der Waals surface area contributed by atoms with E-state index in [-0.39, 0.29) is 28.9 Å². The second-order valence-electron chi connectivity index (χ2n) is 7.85. The molecule has 0 aliphatic carbocycles. The summed E-state index contributed by atoms with van der Waals surface area (Å²) in [5.41, 5.74) is 7.84. The van der Waals surface area contributed by atoms with Crippen molar-refractivity contribution in [3.63, 3.8) is 0 Å². The van der Waals surface area contributed by atoms with E-state index in [0.29, 0.717) is 18.7 Å². The van der Waals surface area contributed by atoms with Gasteiger partial charge in [0, 0.05) is 18.7 Å². The van der Waals surface area contributed by atoms with E-state index in [1.807, 2.05) is 6.07 Å². The molecule has 0 aromatic heterocycles. The molecule has 4 heteroatoms. The summed E-state index contributed by atoms with van der Waals surface area (Å²) in [6, 6.07) is 3.99. The van der Waals surface area contributed by atoms with E-state index in [1.54, 1.807) is 0 Å². The van der Waals surface area contributed by atoms with Crippen LogP contribution in [0.4, 0.5) is 0 Å². The number of nitrogens with one attached hydrogen (secondary N) is 1. The molecule has 4 nitrogen and oxygen atoms in total. The molecule has 0 unspecified atom stereocenters. The molecule has 0 saturated carbocycles. The van der Waals surface area contributed by atoms with Crippen molar-refractivity contribution in [2.45, 2.75) is 58.8 Å². The Morgan fingerprint density at radius 2 is 1.73 bits per heavy atom. The Balaban J connectivity index is 3.28. The van der Waals surface area contributed by atoms with Crippen LogP contribution in [0.1, 0.15) is 58.2 Å². The van der Waals surface area contributed by atoms with Crippen molar-refractivity contribution >= 4 is 5.91 Å². The Kier molecular flexibility index (Phi) is 5.63. The zero-order chi connectivity index (χ0) is 17.1. The Morgan fingerprint density at radius 1 is 1.14 bits per heavy atom. The molecule has 1 rings (SSSR count). The van der Waals surface area contributed by atoms with Crippen LogP contribution in [-0.2, 0) is 22.0 Å². The molecule has 0 saturated heterocycles. The van der Waals surface area contributed by atoms with Crippen molar-refractivity contribution in [1.82, 2.24) is 5.32 Å². The maximum Gasteiger partial charge on any atom is 0.224 e. The first kappa shape index (κ1) is 18.5. The maximum absolute atomic E-state index is 12.0. The van der Waals surface area contributed by atoms with Crippen molar-refractivity contribution in [2.24, 2.45) is 5.73 Å². The first-order valence-corrected chi connectivity index (χ1v) is 7.80. The zero-order valence-electron chi connectivity index (χ0n) is 14.7. The fourth-order valence-electron chi connectivity index (χ4n) is 2.28. The summed E-state index contributed by atoms with van der Waals surface area (Å²) in [7, 11) is 0. The predicted molar refractivity (Wildman–Crippen MR) is 91.3 cm³/mol. The maximum atomic E-state index is 12.0. The number of hydrogen-bond acceptors (Lipinski definition) is 3. The van der Waals surface area contributed by atoms with Gasteiger partial charge in [0.15, 0.2) is 0 Å². The molecule has 0 spiro atoms. The molecule has 124 valence electrons. The number of benzene rings is 1. The number of carbonyl (C=O) groups is 1. The molecule has 1 aromatic carbocycles. The van der Waals surface area contributed by atoms with Gasteiger partial charge in [-0.15, -0.1) is 0 Å². The number of hydrogen-bond donors (Lipinski definition) is 3. The molecule has 0 atom stereocenters. The minimum Gasteiger partial charge on any atom is -0.507 e. The van der Waals surface area contributed by atoms with Crippen LogP contribution >= 0.6 is 0 Å². The molecule has 0 radical (unpaired) electrons. The van der Waals surface area contributed by atoms with Crippen molar-refractivity contribution < 1.29 is 9.90 Å². The van der Waals surface area contributed by atoms with Gasteiger partial charge in [-0.05, 0) is 22.0 Å². The Hall–Kier alpha value is -1.55. The van der Waals surface area contributed by atoms with E-state index >= 15 is 0 Å². The van der Waals surface area contributed by atoms with Gasteiger partial charge >= 0.3 is 0 Å². The van der Waals surface area contributed by atoms with Crippen molar-refractivity contribution in [3.05, 3.63) is 28.8 Å². The lowest BCUT2D eigenvalue weighted by Gasteiger charge is -2.27. The molecular formula is C18H30N2O2. The number of phenols is 1. The van der Waals surface area contributed by atoms with Crippen LogP contribution in [0.2, 0.25) is 0 Å². The third kappa shape index (κ3) is 4.73. The van der Waals surface area contributed by atoms with Crippen molar-refractivity contribution in [1.29, 1.82) is 0 Å². The van der Waals surface area contributed by atoms with Crippen LogP contribution in [-0.4, -0.2) is 24.1 Å². The molecule has 0 aliphatic heterocycles. The molecule has 0 heterocycles. The highest BCUT2D eigenvalue weighted by Crippen LogP contribution is 2.37. The number of amides is 1. The number of carbonyl (C=O) groups excluding carboxylic acids is 1. The number of aromatic hydroxyl groups is 1. The van der Waals surface area contributed by atoms with E-state index in [0.717, 1.165) is 11.1 Å². The number of nitrogens with two attached hydrogens (primary N) is 1. The lowest BCUT2D eigenvalue weighted by Crippen LogP contribution is -2.30. The second kappa shape index (κ2) is 6.69. The average Bonchev–Trinajstić information content (AvgIpc) is 2.36. The van der Waals surface area contributed by atoms with Crippen LogP contribution in [0.15, 0.2) is 12.1 Å². The molecule has 1 amide bonds. The summed E-state index contributed by atoms with van der Waals surface area (Å²) >= 11 is 0.